The molecule has 0 saturated carbocycles. The minimum absolute atomic E-state index is 0.338. The van der Waals surface area contributed by atoms with Crippen LogP contribution in [0.3, 0.4) is 0 Å². The summed E-state index contributed by atoms with van der Waals surface area (Å²) in [6, 6.07) is 3.98. The first-order chi connectivity index (χ1) is 8.09. The highest BCUT2D eigenvalue weighted by molar-refractivity contribution is 4.98. The van der Waals surface area contributed by atoms with Gasteiger partial charge in [0.15, 0.2) is 0 Å². The molecule has 0 aliphatic heterocycles. The van der Waals surface area contributed by atoms with Crippen molar-refractivity contribution in [1.82, 2.24) is 10.2 Å². The SMILES string of the molecule is CCCC(C)(CNC)CN(C)Cc1ccco1. The number of furan rings is 1. The second kappa shape index (κ2) is 6.82. The van der Waals surface area contributed by atoms with Gasteiger partial charge in [-0.1, -0.05) is 20.3 Å². The topological polar surface area (TPSA) is 28.4 Å². The Morgan fingerprint density at radius 2 is 2.24 bits per heavy atom. The van der Waals surface area contributed by atoms with Crippen molar-refractivity contribution >= 4 is 0 Å². The quantitative estimate of drug-likeness (QED) is 0.755. The fourth-order valence-corrected chi connectivity index (χ4v) is 2.63. The van der Waals surface area contributed by atoms with Crippen LogP contribution >= 0.6 is 0 Å². The molecule has 0 spiro atoms. The normalized spacial score (nSPS) is 15.1. The van der Waals surface area contributed by atoms with Gasteiger partial charge in [-0.2, -0.15) is 0 Å². The van der Waals surface area contributed by atoms with E-state index in [0.717, 1.165) is 25.4 Å². The maximum absolute atomic E-state index is 5.38. The van der Waals surface area contributed by atoms with E-state index in [9.17, 15) is 0 Å². The van der Waals surface area contributed by atoms with Crippen LogP contribution in [0.15, 0.2) is 22.8 Å². The van der Waals surface area contributed by atoms with Gasteiger partial charge < -0.3 is 9.73 Å². The smallest absolute Gasteiger partial charge is 0.117 e. The Morgan fingerprint density at radius 3 is 2.76 bits per heavy atom. The second-order valence-corrected chi connectivity index (χ2v) is 5.34. The Morgan fingerprint density at radius 1 is 1.47 bits per heavy atom. The number of rotatable bonds is 8. The van der Waals surface area contributed by atoms with Crippen molar-refractivity contribution in [3.05, 3.63) is 24.2 Å². The molecule has 0 amide bonds. The van der Waals surface area contributed by atoms with Crippen molar-refractivity contribution in [2.75, 3.05) is 27.2 Å². The third kappa shape index (κ3) is 4.92. The van der Waals surface area contributed by atoms with E-state index in [2.05, 4.69) is 31.1 Å². The lowest BCUT2D eigenvalue weighted by molar-refractivity contribution is 0.163. The van der Waals surface area contributed by atoms with E-state index < -0.39 is 0 Å². The van der Waals surface area contributed by atoms with Crippen LogP contribution in [0.4, 0.5) is 0 Å². The Labute approximate surface area is 105 Å². The molecule has 0 saturated heterocycles. The molecule has 1 unspecified atom stereocenters. The van der Waals surface area contributed by atoms with Gasteiger partial charge in [-0.25, -0.2) is 0 Å². The monoisotopic (exact) mass is 238 g/mol. The summed E-state index contributed by atoms with van der Waals surface area (Å²) in [5.41, 5.74) is 0.338. The molecule has 1 atom stereocenters. The number of nitrogens with one attached hydrogen (secondary N) is 1. The molecular weight excluding hydrogens is 212 g/mol. The molecule has 3 heteroatoms. The summed E-state index contributed by atoms with van der Waals surface area (Å²) in [7, 11) is 4.19. The molecule has 1 heterocycles. The van der Waals surface area contributed by atoms with E-state index in [0.29, 0.717) is 5.41 Å². The van der Waals surface area contributed by atoms with Crippen molar-refractivity contribution in [1.29, 1.82) is 0 Å². The zero-order chi connectivity index (χ0) is 12.7. The molecule has 3 nitrogen and oxygen atoms in total. The predicted molar refractivity (Wildman–Crippen MR) is 72.0 cm³/mol. The molecule has 0 fully saturated rings. The molecule has 0 aromatic carbocycles. The lowest BCUT2D eigenvalue weighted by Crippen LogP contribution is -2.39. The molecule has 1 rings (SSSR count). The van der Waals surface area contributed by atoms with Gasteiger partial charge in [-0.15, -0.1) is 0 Å². The zero-order valence-corrected chi connectivity index (χ0v) is 11.6. The fourth-order valence-electron chi connectivity index (χ4n) is 2.63. The third-order valence-electron chi connectivity index (χ3n) is 3.11. The first kappa shape index (κ1) is 14.3. The summed E-state index contributed by atoms with van der Waals surface area (Å²) >= 11 is 0. The highest BCUT2D eigenvalue weighted by atomic mass is 16.3. The maximum atomic E-state index is 5.38. The molecule has 17 heavy (non-hydrogen) atoms. The van der Waals surface area contributed by atoms with Crippen molar-refractivity contribution in [2.45, 2.75) is 33.2 Å². The molecule has 0 radical (unpaired) electrons. The minimum Gasteiger partial charge on any atom is -0.468 e. The van der Waals surface area contributed by atoms with Gasteiger partial charge in [0.25, 0.3) is 0 Å². The van der Waals surface area contributed by atoms with Gasteiger partial charge >= 0.3 is 0 Å². The van der Waals surface area contributed by atoms with Crippen LogP contribution in [0.5, 0.6) is 0 Å². The fraction of sp³-hybridized carbons (Fsp3) is 0.714. The van der Waals surface area contributed by atoms with Gasteiger partial charge in [0.05, 0.1) is 12.8 Å². The van der Waals surface area contributed by atoms with E-state index in [1.807, 2.05) is 19.2 Å². The van der Waals surface area contributed by atoms with Gasteiger partial charge in [-0.05, 0) is 38.1 Å². The van der Waals surface area contributed by atoms with E-state index in [4.69, 9.17) is 4.42 Å². The summed E-state index contributed by atoms with van der Waals surface area (Å²) in [4.78, 5) is 2.34. The van der Waals surface area contributed by atoms with E-state index >= 15 is 0 Å². The molecule has 1 N–H and O–H groups in total. The zero-order valence-electron chi connectivity index (χ0n) is 11.6. The first-order valence-electron chi connectivity index (χ1n) is 6.45. The van der Waals surface area contributed by atoms with Crippen molar-refractivity contribution in [3.63, 3.8) is 0 Å². The molecule has 1 aromatic heterocycles. The van der Waals surface area contributed by atoms with Gasteiger partial charge in [0.2, 0.25) is 0 Å². The van der Waals surface area contributed by atoms with Crippen LogP contribution < -0.4 is 5.32 Å². The predicted octanol–water partition coefficient (Wildman–Crippen LogP) is 2.74. The Kier molecular flexibility index (Phi) is 5.72. The van der Waals surface area contributed by atoms with Crippen LogP contribution in [-0.4, -0.2) is 32.1 Å². The number of hydrogen-bond donors (Lipinski definition) is 1. The van der Waals surface area contributed by atoms with Crippen LogP contribution in [0.1, 0.15) is 32.4 Å². The molecule has 98 valence electrons. The van der Waals surface area contributed by atoms with E-state index in [-0.39, 0.29) is 0 Å². The van der Waals surface area contributed by atoms with Crippen molar-refractivity contribution in [2.24, 2.45) is 5.41 Å². The van der Waals surface area contributed by atoms with Crippen LogP contribution in [0.25, 0.3) is 0 Å². The van der Waals surface area contributed by atoms with Crippen LogP contribution in [0, 0.1) is 5.41 Å². The number of hydrogen-bond acceptors (Lipinski definition) is 3. The molecule has 1 aromatic rings. The van der Waals surface area contributed by atoms with Gasteiger partial charge in [0, 0.05) is 13.1 Å². The lowest BCUT2D eigenvalue weighted by Gasteiger charge is -2.33. The van der Waals surface area contributed by atoms with Crippen LogP contribution in [0.2, 0.25) is 0 Å². The third-order valence-corrected chi connectivity index (χ3v) is 3.11. The summed E-state index contributed by atoms with van der Waals surface area (Å²) < 4.78 is 5.38. The molecule has 0 bridgehead atoms. The lowest BCUT2D eigenvalue weighted by atomic mass is 9.85. The standard InChI is InChI=1S/C14H26N2O/c1-5-8-14(2,11-15-3)12-16(4)10-13-7-6-9-17-13/h6-7,9,15H,5,8,10-12H2,1-4H3. The second-order valence-electron chi connectivity index (χ2n) is 5.34. The molecule has 0 aliphatic rings. The largest absolute Gasteiger partial charge is 0.468 e. The summed E-state index contributed by atoms with van der Waals surface area (Å²) in [6.45, 7) is 7.63. The average molecular weight is 238 g/mol. The van der Waals surface area contributed by atoms with Crippen LogP contribution in [-0.2, 0) is 6.54 Å². The van der Waals surface area contributed by atoms with Gasteiger partial charge in [-0.3, -0.25) is 4.90 Å². The van der Waals surface area contributed by atoms with E-state index in [1.54, 1.807) is 6.26 Å². The van der Waals surface area contributed by atoms with E-state index in [1.165, 1.54) is 12.8 Å². The number of nitrogens with zero attached hydrogens (tertiary/aromatic N) is 1. The van der Waals surface area contributed by atoms with Crippen molar-refractivity contribution in [3.8, 4) is 0 Å². The maximum Gasteiger partial charge on any atom is 0.117 e. The summed E-state index contributed by atoms with van der Waals surface area (Å²) in [6.07, 6.45) is 4.21. The average Bonchev–Trinajstić information content (AvgIpc) is 2.70. The Bertz CT molecular complexity index is 289. The van der Waals surface area contributed by atoms with Crippen molar-refractivity contribution < 1.29 is 4.42 Å². The molecule has 0 aliphatic carbocycles. The highest BCUT2D eigenvalue weighted by Gasteiger charge is 2.24. The highest BCUT2D eigenvalue weighted by Crippen LogP contribution is 2.24. The minimum atomic E-state index is 0.338. The Hall–Kier alpha value is -0.800. The summed E-state index contributed by atoms with van der Waals surface area (Å²) in [5, 5.41) is 3.31. The molecular formula is C14H26N2O. The first-order valence-corrected chi connectivity index (χ1v) is 6.45. The van der Waals surface area contributed by atoms with Gasteiger partial charge in [0.1, 0.15) is 5.76 Å². The summed E-state index contributed by atoms with van der Waals surface area (Å²) in [5.74, 6) is 1.04. The Balaban J connectivity index is 2.48.